The molecule has 0 saturated carbocycles. The van der Waals surface area contributed by atoms with Gasteiger partial charge < -0.3 is 13.9 Å². The van der Waals surface area contributed by atoms with Gasteiger partial charge in [-0.3, -0.25) is 9.69 Å². The molecule has 7 rings (SSSR count). The maximum atomic E-state index is 13.6. The van der Waals surface area contributed by atoms with Crippen LogP contribution in [0.25, 0.3) is 11.1 Å². The number of hydrogen-bond donors (Lipinski definition) is 0. The number of thioether (sulfide) groups is 1. The van der Waals surface area contributed by atoms with E-state index in [0.717, 1.165) is 77.5 Å². The van der Waals surface area contributed by atoms with Crippen molar-refractivity contribution < 1.29 is 13.5 Å². The van der Waals surface area contributed by atoms with Gasteiger partial charge in [0.25, 0.3) is 5.56 Å². The van der Waals surface area contributed by atoms with Crippen molar-refractivity contribution in [3.05, 3.63) is 129 Å². The molecule has 1 saturated heterocycles. The van der Waals surface area contributed by atoms with E-state index in [-0.39, 0.29) is 23.6 Å². The van der Waals surface area contributed by atoms with Crippen LogP contribution in [-0.2, 0) is 49.6 Å². The summed E-state index contributed by atoms with van der Waals surface area (Å²) in [5, 5.41) is 10.1. The predicted octanol–water partition coefficient (Wildman–Crippen LogP) is 6.60. The van der Waals surface area contributed by atoms with Crippen LogP contribution in [0.2, 0.25) is 0 Å². The van der Waals surface area contributed by atoms with Gasteiger partial charge in [0.05, 0.1) is 31.8 Å². The SMILES string of the molecule is C[C@@H]1CN(Cc2nnc(Cn3c(SCc4ccc(F)cc4)nc(=O)c4c3CCC4)n2Cc2ccc(-c3ccc(CF)cc3)cc2)C[C@H](C)O1. The van der Waals surface area contributed by atoms with Gasteiger partial charge in [-0.1, -0.05) is 72.4 Å². The molecular weight excluding hydrogens is 643 g/mol. The molecule has 2 atom stereocenters. The van der Waals surface area contributed by atoms with Crippen LogP contribution in [0.3, 0.4) is 0 Å². The number of rotatable bonds is 11. The molecule has 254 valence electrons. The molecule has 8 nitrogen and oxygen atoms in total. The van der Waals surface area contributed by atoms with Gasteiger partial charge in [0.15, 0.2) is 11.0 Å². The van der Waals surface area contributed by atoms with Gasteiger partial charge in [-0.2, -0.15) is 4.98 Å². The average molecular weight is 683 g/mol. The van der Waals surface area contributed by atoms with Crippen LogP contribution in [0.1, 0.15) is 59.9 Å². The predicted molar refractivity (Wildman–Crippen MR) is 187 cm³/mol. The third kappa shape index (κ3) is 7.69. The minimum absolute atomic E-state index is 0.126. The molecular formula is C38H40F2N6O2S. The fourth-order valence-electron chi connectivity index (χ4n) is 6.90. The first kappa shape index (κ1) is 33.3. The lowest BCUT2D eigenvalue weighted by Gasteiger charge is -2.35. The van der Waals surface area contributed by atoms with Crippen molar-refractivity contribution in [1.29, 1.82) is 0 Å². The van der Waals surface area contributed by atoms with Crippen LogP contribution in [0, 0.1) is 5.82 Å². The Labute approximate surface area is 289 Å². The smallest absolute Gasteiger partial charge is 0.277 e. The molecule has 1 aliphatic heterocycles. The molecule has 49 heavy (non-hydrogen) atoms. The number of nitrogens with zero attached hydrogens (tertiary/aromatic N) is 6. The summed E-state index contributed by atoms with van der Waals surface area (Å²) in [6, 6.07) is 22.4. The van der Waals surface area contributed by atoms with Crippen molar-refractivity contribution in [2.75, 3.05) is 13.1 Å². The van der Waals surface area contributed by atoms with Gasteiger partial charge in [0.2, 0.25) is 0 Å². The minimum atomic E-state index is -0.474. The molecule has 2 aromatic heterocycles. The molecule has 0 spiro atoms. The molecule has 1 aliphatic carbocycles. The summed E-state index contributed by atoms with van der Waals surface area (Å²) in [5.41, 5.74) is 6.45. The lowest BCUT2D eigenvalue weighted by Crippen LogP contribution is -2.45. The van der Waals surface area contributed by atoms with Crippen molar-refractivity contribution in [2.45, 2.75) is 82.5 Å². The molecule has 5 aromatic rings. The van der Waals surface area contributed by atoms with Gasteiger partial charge in [0.1, 0.15) is 18.3 Å². The number of aromatic nitrogens is 5. The van der Waals surface area contributed by atoms with Gasteiger partial charge >= 0.3 is 0 Å². The number of hydrogen-bond acceptors (Lipinski definition) is 7. The van der Waals surface area contributed by atoms with Crippen LogP contribution in [0.15, 0.2) is 82.7 Å². The van der Waals surface area contributed by atoms with E-state index in [1.807, 2.05) is 24.3 Å². The number of ether oxygens (including phenoxy) is 1. The van der Waals surface area contributed by atoms with Gasteiger partial charge in [-0.25, -0.2) is 8.78 Å². The van der Waals surface area contributed by atoms with Crippen molar-refractivity contribution in [3.63, 3.8) is 0 Å². The molecule has 11 heteroatoms. The molecule has 0 N–H and O–H groups in total. The summed E-state index contributed by atoms with van der Waals surface area (Å²) < 4.78 is 37.0. The van der Waals surface area contributed by atoms with Crippen LogP contribution in [0.4, 0.5) is 8.78 Å². The second-order valence-corrected chi connectivity index (χ2v) is 14.0. The fraction of sp³-hybridized carbons (Fsp3) is 0.368. The first-order valence-corrected chi connectivity index (χ1v) is 17.8. The molecule has 3 heterocycles. The second-order valence-electron chi connectivity index (χ2n) is 13.1. The quantitative estimate of drug-likeness (QED) is 0.115. The van der Waals surface area contributed by atoms with Crippen molar-refractivity contribution in [1.82, 2.24) is 29.2 Å². The van der Waals surface area contributed by atoms with E-state index in [9.17, 15) is 13.6 Å². The number of benzene rings is 3. The van der Waals surface area contributed by atoms with Gasteiger partial charge in [0, 0.05) is 30.1 Å². The van der Waals surface area contributed by atoms with E-state index in [0.29, 0.717) is 36.1 Å². The van der Waals surface area contributed by atoms with Crippen molar-refractivity contribution in [3.8, 4) is 11.1 Å². The van der Waals surface area contributed by atoms with E-state index in [1.54, 1.807) is 12.1 Å². The first-order chi connectivity index (χ1) is 23.8. The lowest BCUT2D eigenvalue weighted by molar-refractivity contribution is -0.0713. The van der Waals surface area contributed by atoms with E-state index >= 15 is 0 Å². The van der Waals surface area contributed by atoms with Gasteiger partial charge in [-0.15, -0.1) is 10.2 Å². The molecule has 0 amide bonds. The maximum Gasteiger partial charge on any atom is 0.277 e. The highest BCUT2D eigenvalue weighted by Gasteiger charge is 2.27. The Bertz CT molecular complexity index is 1950. The summed E-state index contributed by atoms with van der Waals surface area (Å²) in [5.74, 6) is 1.94. The average Bonchev–Trinajstić information content (AvgIpc) is 3.74. The lowest BCUT2D eigenvalue weighted by atomic mass is 10.0. The third-order valence-corrected chi connectivity index (χ3v) is 10.3. The normalized spacial score (nSPS) is 17.8. The van der Waals surface area contributed by atoms with Crippen LogP contribution >= 0.6 is 11.8 Å². The highest BCUT2D eigenvalue weighted by molar-refractivity contribution is 7.98. The number of morpholine rings is 1. The second kappa shape index (κ2) is 14.7. The zero-order chi connectivity index (χ0) is 33.9. The van der Waals surface area contributed by atoms with E-state index in [2.05, 4.69) is 57.1 Å². The fourth-order valence-corrected chi connectivity index (χ4v) is 7.87. The van der Waals surface area contributed by atoms with E-state index in [4.69, 9.17) is 14.9 Å². The molecule has 2 aliphatic rings. The number of fused-ring (bicyclic) bond motifs is 1. The van der Waals surface area contributed by atoms with Crippen molar-refractivity contribution >= 4 is 11.8 Å². The van der Waals surface area contributed by atoms with Crippen LogP contribution < -0.4 is 5.56 Å². The Morgan fingerprint density at radius 2 is 1.39 bits per heavy atom. The summed E-state index contributed by atoms with van der Waals surface area (Å²) in [4.78, 5) is 20.0. The Morgan fingerprint density at radius 1 is 0.776 bits per heavy atom. The largest absolute Gasteiger partial charge is 0.373 e. The topological polar surface area (TPSA) is 78.1 Å². The first-order valence-electron chi connectivity index (χ1n) is 16.9. The summed E-state index contributed by atoms with van der Waals surface area (Å²) in [6.07, 6.45) is 2.68. The van der Waals surface area contributed by atoms with E-state index < -0.39 is 6.67 Å². The zero-order valence-electron chi connectivity index (χ0n) is 27.8. The third-order valence-electron chi connectivity index (χ3n) is 9.28. The molecule has 3 aromatic carbocycles. The standard InChI is InChI=1S/C38H40F2N6O2S/c1-25-19-44(20-26(2)48-25)22-35-42-43-36(46(35)21-28-8-14-31(15-9-28)30-12-6-27(18-39)7-13-30)23-45-34-5-3-4-33(34)37(47)41-38(45)49-24-29-10-16-32(40)17-11-29/h6-17,25-26H,3-5,18-24H2,1-2H3/t25-,26+. The summed E-state index contributed by atoms with van der Waals surface area (Å²) >= 11 is 1.48. The maximum absolute atomic E-state index is 13.6. The Hall–Kier alpha value is -4.19. The zero-order valence-corrected chi connectivity index (χ0v) is 28.6. The summed E-state index contributed by atoms with van der Waals surface area (Å²) in [6.45, 7) is 6.97. The van der Waals surface area contributed by atoms with Crippen molar-refractivity contribution in [2.24, 2.45) is 0 Å². The highest BCUT2D eigenvalue weighted by atomic mass is 32.2. The van der Waals surface area contributed by atoms with Crippen LogP contribution in [-0.4, -0.2) is 54.5 Å². The van der Waals surface area contributed by atoms with E-state index in [1.165, 1.54) is 23.9 Å². The monoisotopic (exact) mass is 682 g/mol. The number of halogens is 2. The molecule has 0 bridgehead atoms. The minimum Gasteiger partial charge on any atom is -0.373 e. The molecule has 0 radical (unpaired) electrons. The molecule has 1 fully saturated rings. The number of alkyl halides is 1. The van der Waals surface area contributed by atoms with Gasteiger partial charge in [-0.05, 0) is 73.1 Å². The highest BCUT2D eigenvalue weighted by Crippen LogP contribution is 2.28. The van der Waals surface area contributed by atoms with Crippen LogP contribution in [0.5, 0.6) is 0 Å². The summed E-state index contributed by atoms with van der Waals surface area (Å²) in [7, 11) is 0. The Morgan fingerprint density at radius 3 is 2.04 bits per heavy atom. The molecule has 0 unspecified atom stereocenters. The Kier molecular flexibility index (Phi) is 10.0. The Balaban J connectivity index is 1.21.